The van der Waals surface area contributed by atoms with Gasteiger partial charge in [0.15, 0.2) is 0 Å². The topological polar surface area (TPSA) is 74.7 Å². The van der Waals surface area contributed by atoms with Crippen molar-refractivity contribution in [2.75, 3.05) is 18.1 Å². The Balaban J connectivity index is 1.99. The van der Waals surface area contributed by atoms with Gasteiger partial charge in [0.1, 0.15) is 0 Å². The lowest BCUT2D eigenvalue weighted by atomic mass is 10.1. The summed E-state index contributed by atoms with van der Waals surface area (Å²) in [5.74, 6) is -0.155. The molecule has 0 saturated carbocycles. The van der Waals surface area contributed by atoms with E-state index in [9.17, 15) is 13.2 Å². The number of hydrogen-bond donors (Lipinski definition) is 1. The van der Waals surface area contributed by atoms with Crippen molar-refractivity contribution in [2.24, 2.45) is 5.92 Å². The van der Waals surface area contributed by atoms with Gasteiger partial charge in [0.2, 0.25) is 15.7 Å². The normalized spacial score (nSPS) is 23.9. The number of aliphatic hydroxyl groups is 1. The zero-order chi connectivity index (χ0) is 13.6. The smallest absolute Gasteiger partial charge is 0.227 e. The van der Waals surface area contributed by atoms with Crippen LogP contribution in [0.2, 0.25) is 0 Å². The molecule has 1 aromatic carbocycles. The third-order valence-corrected chi connectivity index (χ3v) is 4.97. The molecular weight excluding hydrogens is 266 g/mol. The van der Waals surface area contributed by atoms with Crippen LogP contribution in [0, 0.1) is 5.92 Å². The zero-order valence-corrected chi connectivity index (χ0v) is 10.9. The van der Waals surface area contributed by atoms with E-state index in [-0.39, 0.29) is 23.3 Å². The number of fused-ring (bicyclic) bond motifs is 1. The van der Waals surface area contributed by atoms with Gasteiger partial charge in [-0.05, 0) is 23.8 Å². The molecule has 0 aromatic heterocycles. The van der Waals surface area contributed by atoms with Crippen molar-refractivity contribution < 1.29 is 18.3 Å². The van der Waals surface area contributed by atoms with Crippen LogP contribution < -0.4 is 4.90 Å². The Labute approximate surface area is 111 Å². The van der Waals surface area contributed by atoms with Gasteiger partial charge in [0.05, 0.1) is 4.90 Å². The van der Waals surface area contributed by atoms with Gasteiger partial charge in [-0.15, -0.1) is 0 Å². The lowest BCUT2D eigenvalue weighted by molar-refractivity contribution is -0.117. The Bertz CT molecular complexity index is 678. The third kappa shape index (κ3) is 1.97. The number of benzene rings is 1. The van der Waals surface area contributed by atoms with Crippen LogP contribution in [-0.4, -0.2) is 32.6 Å². The lowest BCUT2D eigenvalue weighted by Crippen LogP contribution is -2.25. The second kappa shape index (κ2) is 4.18. The van der Waals surface area contributed by atoms with E-state index in [0.717, 1.165) is 0 Å². The number of sulfone groups is 1. The van der Waals surface area contributed by atoms with Crippen LogP contribution in [0.1, 0.15) is 12.0 Å². The molecule has 1 N–H and O–H groups in total. The standard InChI is InChI=1S/C13H13NO4S/c15-8-9-5-13(16)14(7-9)11-2-1-10-3-4-19(17,18)12(10)6-11/h1-4,6,9,15H,5,7-8H2. The van der Waals surface area contributed by atoms with Gasteiger partial charge in [-0.2, -0.15) is 0 Å². The van der Waals surface area contributed by atoms with Crippen LogP contribution in [0.15, 0.2) is 28.5 Å². The first kappa shape index (κ1) is 12.4. The molecular formula is C13H13NO4S. The molecule has 0 spiro atoms. The molecule has 6 heteroatoms. The van der Waals surface area contributed by atoms with Crippen molar-refractivity contribution >= 4 is 27.5 Å². The van der Waals surface area contributed by atoms with Crippen molar-refractivity contribution in [3.05, 3.63) is 29.2 Å². The van der Waals surface area contributed by atoms with Crippen molar-refractivity contribution in [1.82, 2.24) is 0 Å². The molecule has 2 heterocycles. The summed E-state index contributed by atoms with van der Waals surface area (Å²) in [6.07, 6.45) is 1.86. The van der Waals surface area contributed by atoms with Gasteiger partial charge in [-0.1, -0.05) is 6.07 Å². The fourth-order valence-corrected chi connectivity index (χ4v) is 3.69. The molecule has 0 radical (unpaired) electrons. The number of anilines is 1. The molecule has 5 nitrogen and oxygen atoms in total. The highest BCUT2D eigenvalue weighted by Crippen LogP contribution is 2.32. The largest absolute Gasteiger partial charge is 0.396 e. The molecule has 1 amide bonds. The number of aliphatic hydroxyl groups excluding tert-OH is 1. The van der Waals surface area contributed by atoms with E-state index in [2.05, 4.69) is 0 Å². The van der Waals surface area contributed by atoms with Crippen LogP contribution in [0.5, 0.6) is 0 Å². The van der Waals surface area contributed by atoms with Crippen molar-refractivity contribution in [3.63, 3.8) is 0 Å². The average Bonchev–Trinajstić information content (AvgIpc) is 2.90. The highest BCUT2D eigenvalue weighted by molar-refractivity contribution is 7.94. The number of hydrogen-bond acceptors (Lipinski definition) is 4. The van der Waals surface area contributed by atoms with Gasteiger partial charge in [0, 0.05) is 36.6 Å². The van der Waals surface area contributed by atoms with Crippen molar-refractivity contribution in [2.45, 2.75) is 11.3 Å². The maximum Gasteiger partial charge on any atom is 0.227 e. The van der Waals surface area contributed by atoms with Crippen molar-refractivity contribution in [1.29, 1.82) is 0 Å². The van der Waals surface area contributed by atoms with Crippen LogP contribution in [0.4, 0.5) is 5.69 Å². The van der Waals surface area contributed by atoms with Crippen LogP contribution in [0.25, 0.3) is 6.08 Å². The third-order valence-electron chi connectivity index (χ3n) is 3.51. The summed E-state index contributed by atoms with van der Waals surface area (Å²) >= 11 is 0. The van der Waals surface area contributed by atoms with E-state index in [1.165, 1.54) is 16.4 Å². The van der Waals surface area contributed by atoms with Gasteiger partial charge >= 0.3 is 0 Å². The number of amides is 1. The van der Waals surface area contributed by atoms with Crippen LogP contribution in [0.3, 0.4) is 0 Å². The maximum absolute atomic E-state index is 11.9. The fourth-order valence-electron chi connectivity index (χ4n) is 2.46. The number of carbonyl (C=O) groups excluding carboxylic acids is 1. The molecule has 1 aromatic rings. The minimum absolute atomic E-state index is 0.0347. The second-order valence-corrected chi connectivity index (χ2v) is 6.63. The average molecular weight is 279 g/mol. The molecule has 1 fully saturated rings. The van der Waals surface area contributed by atoms with E-state index < -0.39 is 9.84 Å². The summed E-state index contributed by atoms with van der Waals surface area (Å²) in [5.41, 5.74) is 1.22. The van der Waals surface area contributed by atoms with Crippen LogP contribution in [-0.2, 0) is 14.6 Å². The Morgan fingerprint density at radius 2 is 2.16 bits per heavy atom. The molecule has 1 unspecified atom stereocenters. The summed E-state index contributed by atoms with van der Waals surface area (Å²) in [5, 5.41) is 10.3. The van der Waals surface area contributed by atoms with E-state index in [0.29, 0.717) is 24.2 Å². The molecule has 1 saturated heterocycles. The van der Waals surface area contributed by atoms with Crippen LogP contribution >= 0.6 is 0 Å². The van der Waals surface area contributed by atoms with E-state index in [1.807, 2.05) is 0 Å². The molecule has 19 heavy (non-hydrogen) atoms. The first-order valence-corrected chi connectivity index (χ1v) is 7.54. The predicted octanol–water partition coefficient (Wildman–Crippen LogP) is 0.790. The SMILES string of the molecule is O=C1CC(CO)CN1c1ccc2c(c1)S(=O)(=O)C=C2. The molecule has 1 atom stereocenters. The van der Waals surface area contributed by atoms with Gasteiger partial charge < -0.3 is 10.0 Å². The Kier molecular flexibility index (Phi) is 2.72. The molecule has 2 aliphatic rings. The summed E-state index contributed by atoms with van der Waals surface area (Å²) in [7, 11) is -3.36. The zero-order valence-electron chi connectivity index (χ0n) is 10.1. The fraction of sp³-hybridized carbons (Fsp3) is 0.308. The summed E-state index contributed by atoms with van der Waals surface area (Å²) in [4.78, 5) is 13.6. The van der Waals surface area contributed by atoms with Gasteiger partial charge in [-0.3, -0.25) is 4.79 Å². The van der Waals surface area contributed by atoms with E-state index in [1.54, 1.807) is 18.2 Å². The minimum atomic E-state index is -3.36. The summed E-state index contributed by atoms with van der Waals surface area (Å²) in [6, 6.07) is 4.97. The highest BCUT2D eigenvalue weighted by atomic mass is 32.2. The van der Waals surface area contributed by atoms with Crippen molar-refractivity contribution in [3.8, 4) is 0 Å². The van der Waals surface area contributed by atoms with E-state index >= 15 is 0 Å². The van der Waals surface area contributed by atoms with Gasteiger partial charge in [0.25, 0.3) is 0 Å². The Hall–Kier alpha value is -1.66. The molecule has 2 aliphatic heterocycles. The molecule has 0 bridgehead atoms. The molecule has 3 rings (SSSR count). The second-order valence-electron chi connectivity index (χ2n) is 4.83. The maximum atomic E-state index is 11.9. The number of carbonyl (C=O) groups is 1. The number of rotatable bonds is 2. The highest BCUT2D eigenvalue weighted by Gasteiger charge is 2.31. The Morgan fingerprint density at radius 3 is 2.84 bits per heavy atom. The quantitative estimate of drug-likeness (QED) is 0.868. The number of nitrogens with zero attached hydrogens (tertiary/aromatic N) is 1. The first-order valence-electron chi connectivity index (χ1n) is 6.00. The monoisotopic (exact) mass is 279 g/mol. The molecule has 100 valence electrons. The summed E-state index contributed by atoms with van der Waals surface area (Å²) < 4.78 is 23.6. The first-order chi connectivity index (χ1) is 9.01. The Morgan fingerprint density at radius 1 is 1.37 bits per heavy atom. The minimum Gasteiger partial charge on any atom is -0.396 e. The predicted molar refractivity (Wildman–Crippen MR) is 70.2 cm³/mol. The summed E-state index contributed by atoms with van der Waals surface area (Å²) in [6.45, 7) is 0.397. The van der Waals surface area contributed by atoms with E-state index in [4.69, 9.17) is 5.11 Å². The lowest BCUT2D eigenvalue weighted by Gasteiger charge is -2.17. The van der Waals surface area contributed by atoms with Gasteiger partial charge in [-0.25, -0.2) is 8.42 Å². The molecule has 0 aliphatic carbocycles.